The Morgan fingerprint density at radius 3 is 2.52 bits per heavy atom. The van der Waals surface area contributed by atoms with E-state index in [1.807, 2.05) is 7.05 Å². The molecule has 0 fully saturated rings. The molecule has 2 rings (SSSR count). The van der Waals surface area contributed by atoms with Crippen LogP contribution >= 0.6 is 11.3 Å². The number of anilines is 1. The van der Waals surface area contributed by atoms with E-state index in [0.29, 0.717) is 12.2 Å². The number of benzene rings is 1. The summed E-state index contributed by atoms with van der Waals surface area (Å²) in [6.45, 7) is 2.66. The van der Waals surface area contributed by atoms with Gasteiger partial charge >= 0.3 is 0 Å². The first kappa shape index (κ1) is 15.9. The summed E-state index contributed by atoms with van der Waals surface area (Å²) < 4.78 is 39.6. The fourth-order valence-electron chi connectivity index (χ4n) is 1.99. The van der Waals surface area contributed by atoms with Crippen LogP contribution in [-0.4, -0.2) is 22.0 Å². The highest BCUT2D eigenvalue weighted by Gasteiger charge is 2.24. The Morgan fingerprint density at radius 1 is 1.29 bits per heavy atom. The van der Waals surface area contributed by atoms with Crippen LogP contribution in [0.5, 0.6) is 0 Å². The zero-order chi connectivity index (χ0) is 15.5. The van der Waals surface area contributed by atoms with Crippen LogP contribution < -0.4 is 9.62 Å². The molecule has 0 unspecified atom stereocenters. The SMILES string of the molecule is CCN(c1ccc(F)cc1)S(=O)(=O)c1csc(CNC)c1. The minimum absolute atomic E-state index is 0.268. The lowest BCUT2D eigenvalue weighted by atomic mass is 10.3. The van der Waals surface area contributed by atoms with Gasteiger partial charge < -0.3 is 5.32 Å². The second-order valence-corrected chi connectivity index (χ2v) is 7.28. The predicted molar refractivity (Wildman–Crippen MR) is 83.7 cm³/mol. The van der Waals surface area contributed by atoms with Crippen molar-refractivity contribution in [2.45, 2.75) is 18.4 Å². The van der Waals surface area contributed by atoms with Crippen LogP contribution in [0.3, 0.4) is 0 Å². The Morgan fingerprint density at radius 2 is 1.95 bits per heavy atom. The van der Waals surface area contributed by atoms with Gasteiger partial charge in [-0.2, -0.15) is 0 Å². The molecule has 0 saturated carbocycles. The van der Waals surface area contributed by atoms with Gasteiger partial charge in [0.1, 0.15) is 5.82 Å². The summed E-state index contributed by atoms with van der Waals surface area (Å²) in [6, 6.07) is 7.12. The van der Waals surface area contributed by atoms with E-state index in [2.05, 4.69) is 5.32 Å². The quantitative estimate of drug-likeness (QED) is 0.887. The molecule has 0 saturated heterocycles. The fraction of sp³-hybridized carbons (Fsp3) is 0.286. The van der Waals surface area contributed by atoms with Crippen LogP contribution in [0.4, 0.5) is 10.1 Å². The second-order valence-electron chi connectivity index (χ2n) is 4.43. The molecule has 2 aromatic rings. The number of nitrogens with one attached hydrogen (secondary N) is 1. The molecule has 1 aromatic heterocycles. The highest BCUT2D eigenvalue weighted by atomic mass is 32.2. The maximum absolute atomic E-state index is 13.0. The van der Waals surface area contributed by atoms with Crippen molar-refractivity contribution < 1.29 is 12.8 Å². The lowest BCUT2D eigenvalue weighted by Crippen LogP contribution is -2.30. The molecule has 4 nitrogen and oxygen atoms in total. The Balaban J connectivity index is 2.36. The van der Waals surface area contributed by atoms with E-state index in [4.69, 9.17) is 0 Å². The highest BCUT2D eigenvalue weighted by Crippen LogP contribution is 2.27. The lowest BCUT2D eigenvalue weighted by molar-refractivity contribution is 0.591. The summed E-state index contributed by atoms with van der Waals surface area (Å²) >= 11 is 1.40. The van der Waals surface area contributed by atoms with Gasteiger partial charge in [-0.1, -0.05) is 0 Å². The standard InChI is InChI=1S/C14H17FN2O2S2/c1-3-17(12-6-4-11(15)5-7-12)21(18,19)14-8-13(9-16-2)20-10-14/h4-8,10,16H,3,9H2,1-2H3. The van der Waals surface area contributed by atoms with Crippen molar-refractivity contribution in [1.82, 2.24) is 5.32 Å². The minimum atomic E-state index is -3.62. The zero-order valence-electron chi connectivity index (χ0n) is 11.8. The largest absolute Gasteiger partial charge is 0.315 e. The molecule has 0 aliphatic rings. The van der Waals surface area contributed by atoms with Crippen molar-refractivity contribution in [3.63, 3.8) is 0 Å². The van der Waals surface area contributed by atoms with Gasteiger partial charge in [-0.05, 0) is 44.3 Å². The predicted octanol–water partition coefficient (Wildman–Crippen LogP) is 2.82. The Hall–Kier alpha value is -1.44. The van der Waals surface area contributed by atoms with Gasteiger partial charge in [-0.3, -0.25) is 4.31 Å². The second kappa shape index (κ2) is 6.55. The summed E-state index contributed by atoms with van der Waals surface area (Å²) in [5, 5.41) is 4.62. The Labute approximate surface area is 128 Å². The van der Waals surface area contributed by atoms with Gasteiger partial charge in [0.2, 0.25) is 0 Å². The average Bonchev–Trinajstić information content (AvgIpc) is 2.91. The van der Waals surface area contributed by atoms with E-state index < -0.39 is 10.0 Å². The molecule has 1 aromatic carbocycles. The van der Waals surface area contributed by atoms with E-state index in [1.54, 1.807) is 18.4 Å². The highest BCUT2D eigenvalue weighted by molar-refractivity contribution is 7.93. The van der Waals surface area contributed by atoms with Gasteiger partial charge in [-0.15, -0.1) is 11.3 Å². The van der Waals surface area contributed by atoms with Crippen LogP contribution in [-0.2, 0) is 16.6 Å². The van der Waals surface area contributed by atoms with Crippen molar-refractivity contribution in [2.75, 3.05) is 17.9 Å². The summed E-state index contributed by atoms with van der Waals surface area (Å²) in [7, 11) is -1.81. The number of sulfonamides is 1. The average molecular weight is 328 g/mol. The van der Waals surface area contributed by atoms with Gasteiger partial charge in [0.05, 0.1) is 10.6 Å². The lowest BCUT2D eigenvalue weighted by Gasteiger charge is -2.22. The molecule has 0 amide bonds. The first-order valence-electron chi connectivity index (χ1n) is 6.49. The summed E-state index contributed by atoms with van der Waals surface area (Å²) in [5.74, 6) is -0.390. The van der Waals surface area contributed by atoms with Crippen molar-refractivity contribution >= 4 is 27.0 Å². The van der Waals surface area contributed by atoms with Crippen molar-refractivity contribution in [3.8, 4) is 0 Å². The molecule has 0 bridgehead atoms. The molecule has 0 aliphatic carbocycles. The number of nitrogens with zero attached hydrogens (tertiary/aromatic N) is 1. The van der Waals surface area contributed by atoms with Gasteiger partial charge in [0.25, 0.3) is 10.0 Å². The van der Waals surface area contributed by atoms with E-state index >= 15 is 0 Å². The molecule has 7 heteroatoms. The molecule has 114 valence electrons. The first-order chi connectivity index (χ1) is 9.98. The van der Waals surface area contributed by atoms with E-state index in [1.165, 1.54) is 39.9 Å². The van der Waals surface area contributed by atoms with Crippen molar-refractivity contribution in [2.24, 2.45) is 0 Å². The molecule has 0 aliphatic heterocycles. The molecule has 0 atom stereocenters. The van der Waals surface area contributed by atoms with Crippen LogP contribution in [0.2, 0.25) is 0 Å². The smallest absolute Gasteiger partial charge is 0.265 e. The van der Waals surface area contributed by atoms with E-state index in [0.717, 1.165) is 4.88 Å². The molecule has 21 heavy (non-hydrogen) atoms. The summed E-state index contributed by atoms with van der Waals surface area (Å²) in [4.78, 5) is 1.22. The molecular formula is C14H17FN2O2S2. The number of rotatable bonds is 6. The number of hydrogen-bond donors (Lipinski definition) is 1. The third kappa shape index (κ3) is 3.42. The third-order valence-corrected chi connectivity index (χ3v) is 5.94. The van der Waals surface area contributed by atoms with Gasteiger partial charge in [-0.25, -0.2) is 12.8 Å². The fourth-order valence-corrected chi connectivity index (χ4v) is 4.74. The minimum Gasteiger partial charge on any atom is -0.315 e. The van der Waals surface area contributed by atoms with Crippen LogP contribution in [0, 0.1) is 5.82 Å². The molecule has 1 heterocycles. The third-order valence-electron chi connectivity index (χ3n) is 2.97. The monoisotopic (exact) mass is 328 g/mol. The summed E-state index contributed by atoms with van der Waals surface area (Å²) in [6.07, 6.45) is 0. The van der Waals surface area contributed by atoms with E-state index in [-0.39, 0.29) is 17.3 Å². The van der Waals surface area contributed by atoms with Crippen LogP contribution in [0.15, 0.2) is 40.6 Å². The number of thiophene rings is 1. The maximum Gasteiger partial charge on any atom is 0.265 e. The van der Waals surface area contributed by atoms with Gasteiger partial charge in [0.15, 0.2) is 0 Å². The topological polar surface area (TPSA) is 49.4 Å². The molecule has 1 N–H and O–H groups in total. The Bertz CT molecular complexity index is 696. The number of hydrogen-bond acceptors (Lipinski definition) is 4. The van der Waals surface area contributed by atoms with Crippen LogP contribution in [0.1, 0.15) is 11.8 Å². The first-order valence-corrected chi connectivity index (χ1v) is 8.81. The number of halogens is 1. The normalized spacial score (nSPS) is 11.6. The summed E-state index contributed by atoms with van der Waals surface area (Å²) in [5.41, 5.74) is 0.459. The van der Waals surface area contributed by atoms with Gasteiger partial charge in [0, 0.05) is 23.3 Å². The molecule has 0 spiro atoms. The zero-order valence-corrected chi connectivity index (χ0v) is 13.5. The van der Waals surface area contributed by atoms with E-state index in [9.17, 15) is 12.8 Å². The molecular weight excluding hydrogens is 311 g/mol. The van der Waals surface area contributed by atoms with Crippen molar-refractivity contribution in [3.05, 3.63) is 46.4 Å². The van der Waals surface area contributed by atoms with Crippen molar-refractivity contribution in [1.29, 1.82) is 0 Å². The van der Waals surface area contributed by atoms with Crippen LogP contribution in [0.25, 0.3) is 0 Å². The Kier molecular flexibility index (Phi) is 4.97. The molecule has 0 radical (unpaired) electrons. The maximum atomic E-state index is 13.0.